The number of rotatable bonds is 6. The third-order valence-corrected chi connectivity index (χ3v) is 7.60. The zero-order valence-corrected chi connectivity index (χ0v) is 22.8. The highest BCUT2D eigenvalue weighted by Crippen LogP contribution is 2.35. The highest BCUT2D eigenvalue weighted by Gasteiger charge is 2.32. The van der Waals surface area contributed by atoms with Crippen LogP contribution in [-0.2, 0) is 11.2 Å². The fourth-order valence-corrected chi connectivity index (χ4v) is 5.45. The number of carbonyl (C=O) groups excluding carboxylic acids is 2. The topological polar surface area (TPSA) is 71.6 Å². The van der Waals surface area contributed by atoms with Crippen molar-refractivity contribution in [2.75, 3.05) is 13.1 Å². The van der Waals surface area contributed by atoms with E-state index in [-0.39, 0.29) is 29.8 Å². The maximum atomic E-state index is 14.4. The van der Waals surface area contributed by atoms with Gasteiger partial charge in [-0.15, -0.1) is 0 Å². The lowest BCUT2D eigenvalue weighted by atomic mass is 9.89. The molecule has 2 amide bonds. The highest BCUT2D eigenvalue weighted by atomic mass is 35.5. The van der Waals surface area contributed by atoms with E-state index in [1.165, 1.54) is 6.07 Å². The molecule has 2 heterocycles. The molecule has 4 aromatic rings. The minimum Gasteiger partial charge on any atom is -0.337 e. The van der Waals surface area contributed by atoms with E-state index in [9.17, 15) is 14.0 Å². The fourth-order valence-electron chi connectivity index (χ4n) is 5.10. The average molecular weight is 576 g/mol. The normalized spacial score (nSPS) is 13.6. The van der Waals surface area contributed by atoms with E-state index in [0.717, 1.165) is 0 Å². The zero-order chi connectivity index (χ0) is 28.2. The van der Waals surface area contributed by atoms with Crippen LogP contribution >= 0.6 is 23.2 Å². The van der Waals surface area contributed by atoms with Crippen molar-refractivity contribution in [3.63, 3.8) is 0 Å². The first-order valence-electron chi connectivity index (χ1n) is 12.7. The lowest BCUT2D eigenvalue weighted by molar-refractivity contribution is -0.119. The predicted octanol–water partition coefficient (Wildman–Crippen LogP) is 6.50. The van der Waals surface area contributed by atoms with E-state index in [2.05, 4.69) is 10.4 Å². The van der Waals surface area contributed by atoms with Gasteiger partial charge in [-0.1, -0.05) is 71.1 Å². The Morgan fingerprint density at radius 3 is 2.35 bits per heavy atom. The molecule has 3 aromatic carbocycles. The van der Waals surface area contributed by atoms with Gasteiger partial charge in [0.25, 0.3) is 11.8 Å². The van der Waals surface area contributed by atoms with Crippen LogP contribution in [0.25, 0.3) is 21.9 Å². The first-order chi connectivity index (χ1) is 19.4. The monoisotopic (exact) mass is 575 g/mol. The van der Waals surface area contributed by atoms with Gasteiger partial charge in [-0.2, -0.15) is 16.6 Å². The fraction of sp³-hybridized carbons (Fsp3) is 0.200. The molecule has 0 bridgehead atoms. The van der Waals surface area contributed by atoms with Crippen molar-refractivity contribution in [1.82, 2.24) is 20.1 Å². The van der Waals surface area contributed by atoms with Crippen LogP contribution < -0.4 is 5.43 Å². The molecule has 0 atom stereocenters. The van der Waals surface area contributed by atoms with Crippen molar-refractivity contribution in [2.45, 2.75) is 25.2 Å². The number of hydrogen-bond acceptors (Lipinski definition) is 3. The van der Waals surface area contributed by atoms with Crippen LogP contribution in [0.15, 0.2) is 72.8 Å². The predicted molar refractivity (Wildman–Crippen MR) is 152 cm³/mol. The number of para-hydroxylation sites is 1. The number of piperidine rings is 1. The third-order valence-electron chi connectivity index (χ3n) is 7.03. The second kappa shape index (κ2) is 11.9. The van der Waals surface area contributed by atoms with Gasteiger partial charge in [-0.25, -0.2) is 9.07 Å². The van der Waals surface area contributed by atoms with Gasteiger partial charge in [-0.05, 0) is 54.7 Å². The lowest BCUT2D eigenvalue weighted by Crippen LogP contribution is -2.38. The van der Waals surface area contributed by atoms with Crippen LogP contribution in [0.4, 0.5) is 4.39 Å². The minimum atomic E-state index is -0.573. The Labute approximate surface area is 240 Å². The Kier molecular flexibility index (Phi) is 8.15. The molecule has 202 valence electrons. The summed E-state index contributed by atoms with van der Waals surface area (Å²) in [5.74, 6) is -1.17. The maximum absolute atomic E-state index is 14.4. The summed E-state index contributed by atoms with van der Waals surface area (Å²) in [5, 5.41) is 5.64. The minimum absolute atomic E-state index is 0.000486. The first-order valence-corrected chi connectivity index (χ1v) is 13.4. The highest BCUT2D eigenvalue weighted by molar-refractivity contribution is 6.32. The van der Waals surface area contributed by atoms with E-state index in [0.29, 0.717) is 64.0 Å². The molecule has 1 aromatic heterocycles. The quantitative estimate of drug-likeness (QED) is 0.211. The second-order valence-electron chi connectivity index (χ2n) is 9.46. The molecule has 0 aliphatic carbocycles. The summed E-state index contributed by atoms with van der Waals surface area (Å²) < 4.78 is 15.9. The van der Waals surface area contributed by atoms with Crippen LogP contribution in [0.3, 0.4) is 0 Å². The van der Waals surface area contributed by atoms with Crippen LogP contribution in [0, 0.1) is 12.4 Å². The summed E-state index contributed by atoms with van der Waals surface area (Å²) in [5.41, 5.74) is 4.92. The van der Waals surface area contributed by atoms with Crippen LogP contribution in [-0.4, -0.2) is 39.6 Å². The van der Waals surface area contributed by atoms with Crippen LogP contribution in [0.2, 0.25) is 10.0 Å². The van der Waals surface area contributed by atoms with Crippen LogP contribution in [0.5, 0.6) is 0 Å². The molecule has 10 heteroatoms. The van der Waals surface area contributed by atoms with Gasteiger partial charge in [-0.3, -0.25) is 9.59 Å². The Morgan fingerprint density at radius 2 is 1.68 bits per heavy atom. The van der Waals surface area contributed by atoms with Crippen molar-refractivity contribution in [3.05, 3.63) is 117 Å². The molecule has 7 nitrogen and oxygen atoms in total. The van der Waals surface area contributed by atoms with Crippen molar-refractivity contribution in [3.8, 4) is 16.9 Å². The molecule has 40 heavy (non-hydrogen) atoms. The van der Waals surface area contributed by atoms with Gasteiger partial charge in [0, 0.05) is 29.2 Å². The van der Waals surface area contributed by atoms with Gasteiger partial charge in [0.05, 0.1) is 22.8 Å². The Bertz CT molecular complexity index is 1610. The van der Waals surface area contributed by atoms with Crippen molar-refractivity contribution in [1.29, 1.82) is 0 Å². The Morgan fingerprint density at radius 1 is 1.00 bits per heavy atom. The lowest BCUT2D eigenvalue weighted by Gasteiger charge is -2.32. The summed E-state index contributed by atoms with van der Waals surface area (Å²) in [4.78, 5) is 31.3. The number of halogens is 3. The largest absolute Gasteiger partial charge is 0.337 e. The molecule has 1 aliphatic heterocycles. The number of aromatic nitrogens is 2. The van der Waals surface area contributed by atoms with Gasteiger partial charge in [0.1, 0.15) is 5.82 Å². The van der Waals surface area contributed by atoms with E-state index < -0.39 is 5.91 Å². The van der Waals surface area contributed by atoms with Crippen molar-refractivity contribution in [2.24, 2.45) is 0 Å². The van der Waals surface area contributed by atoms with E-state index in [4.69, 9.17) is 34.9 Å². The zero-order valence-electron chi connectivity index (χ0n) is 21.3. The molecule has 1 aliphatic rings. The third kappa shape index (κ3) is 5.57. The molecule has 0 unspecified atom stereocenters. The van der Waals surface area contributed by atoms with Gasteiger partial charge >= 0.3 is 0 Å². The summed E-state index contributed by atoms with van der Waals surface area (Å²) in [6, 6.07) is 20.7. The van der Waals surface area contributed by atoms with Crippen LogP contribution in [0.1, 0.15) is 40.4 Å². The van der Waals surface area contributed by atoms with E-state index in [1.54, 1.807) is 70.2 Å². The molecule has 1 N–H and O–H groups in total. The number of amides is 2. The summed E-state index contributed by atoms with van der Waals surface area (Å²) in [6.07, 6.45) is 0.933. The number of nitrogens with zero attached hydrogens (tertiary/aromatic N) is 4. The summed E-state index contributed by atoms with van der Waals surface area (Å²) in [7, 11) is 0. The average Bonchev–Trinajstić information content (AvgIpc) is 3.32. The molecule has 0 spiro atoms. The number of hydrogen-bond donors (Lipinski definition) is 1. The summed E-state index contributed by atoms with van der Waals surface area (Å²) in [6.45, 7) is 7.86. The smallest absolute Gasteiger partial charge is 0.292 e. The van der Waals surface area contributed by atoms with Crippen molar-refractivity contribution >= 4 is 35.0 Å². The second-order valence-corrected chi connectivity index (χ2v) is 10.3. The SMILES string of the molecule is [C-]#[N+]NC(=O)Cc1c(C(=O)N2CCC(c3ccccc3F)CC2)nn(-c2ccccc2Cl)c1-c1ccc(Cl)cc1. The van der Waals surface area contributed by atoms with Crippen molar-refractivity contribution < 1.29 is 14.0 Å². The number of carbonyl (C=O) groups is 2. The maximum Gasteiger partial charge on any atom is 0.292 e. The Balaban J connectivity index is 1.57. The molecule has 1 saturated heterocycles. The Hall–Kier alpha value is -4.19. The molecule has 0 radical (unpaired) electrons. The van der Waals surface area contributed by atoms with Gasteiger partial charge in [0.2, 0.25) is 0 Å². The van der Waals surface area contributed by atoms with E-state index >= 15 is 0 Å². The molecular formula is C30H24Cl2FN5O2. The molecule has 5 rings (SSSR count). The molecule has 0 saturated carbocycles. The molecular weight excluding hydrogens is 552 g/mol. The van der Waals surface area contributed by atoms with E-state index in [1.807, 2.05) is 6.07 Å². The van der Waals surface area contributed by atoms with Gasteiger partial charge in [0.15, 0.2) is 5.69 Å². The van der Waals surface area contributed by atoms with Gasteiger partial charge < -0.3 is 4.90 Å². The standard InChI is InChI=1S/C30H24Cl2FN5O2/c1-34-35-27(39)18-23-28(30(40)37-16-14-19(15-17-37)22-6-2-4-8-25(22)33)36-38(26-9-5-3-7-24(26)32)29(23)20-10-12-21(31)13-11-20/h2-13,19H,14-18H2,(H,35,39). The molecule has 1 fully saturated rings. The number of nitrogens with one attached hydrogen (secondary N) is 1. The number of likely N-dealkylation sites (tertiary alicyclic amines) is 1. The summed E-state index contributed by atoms with van der Waals surface area (Å²) >= 11 is 12.7. The first kappa shape index (κ1) is 27.4. The number of benzene rings is 3.